The van der Waals surface area contributed by atoms with Crippen LogP contribution in [0.3, 0.4) is 0 Å². The summed E-state index contributed by atoms with van der Waals surface area (Å²) in [4.78, 5) is 14.6. The number of piperazine rings is 1. The first-order valence-corrected chi connectivity index (χ1v) is 13.5. The molecule has 7 nitrogen and oxygen atoms in total. The van der Waals surface area contributed by atoms with Crippen LogP contribution in [0.15, 0.2) is 93.3 Å². The Kier molecular flexibility index (Phi) is 8.12. The molecule has 3 aromatic rings. The fraction of sp³-hybridized carbons (Fsp3) is 0.231. The van der Waals surface area contributed by atoms with Crippen LogP contribution in [0.2, 0.25) is 0 Å². The van der Waals surface area contributed by atoms with Crippen LogP contribution in [-0.4, -0.2) is 62.0 Å². The van der Waals surface area contributed by atoms with Crippen molar-refractivity contribution >= 4 is 37.6 Å². The van der Waals surface area contributed by atoms with Gasteiger partial charge in [-0.05, 0) is 47.9 Å². The van der Waals surface area contributed by atoms with Gasteiger partial charge in [-0.1, -0.05) is 70.5 Å². The first kappa shape index (κ1) is 25.2. The third kappa shape index (κ3) is 6.43. The molecule has 0 spiro atoms. The second-order valence-corrected chi connectivity index (χ2v) is 11.2. The molecule has 1 fully saturated rings. The Bertz CT molecular complexity index is 1290. The van der Waals surface area contributed by atoms with Crippen molar-refractivity contribution in [1.29, 1.82) is 0 Å². The number of hydrogen-bond donors (Lipinski definition) is 1. The van der Waals surface area contributed by atoms with Crippen LogP contribution in [0.4, 0.5) is 0 Å². The van der Waals surface area contributed by atoms with E-state index in [1.165, 1.54) is 4.31 Å². The Labute approximate surface area is 214 Å². The van der Waals surface area contributed by atoms with Crippen molar-refractivity contribution in [3.05, 3.63) is 88.9 Å². The van der Waals surface area contributed by atoms with Crippen molar-refractivity contribution in [2.45, 2.75) is 11.8 Å². The normalized spacial score (nSPS) is 15.7. The maximum atomic E-state index is 12.8. The summed E-state index contributed by atoms with van der Waals surface area (Å²) in [5.74, 6) is -0.227. The molecule has 9 heteroatoms. The molecule has 0 saturated carbocycles. The number of rotatable bonds is 7. The Morgan fingerprint density at radius 3 is 2.11 bits per heavy atom. The number of hydrazone groups is 1. The van der Waals surface area contributed by atoms with Crippen molar-refractivity contribution in [1.82, 2.24) is 14.6 Å². The fourth-order valence-electron chi connectivity index (χ4n) is 3.87. The van der Waals surface area contributed by atoms with Gasteiger partial charge in [-0.2, -0.15) is 9.41 Å². The lowest BCUT2D eigenvalue weighted by molar-refractivity contribution is -0.122. The molecule has 0 aromatic heterocycles. The van der Waals surface area contributed by atoms with E-state index < -0.39 is 10.0 Å². The van der Waals surface area contributed by atoms with Crippen LogP contribution in [0, 0.1) is 0 Å². The van der Waals surface area contributed by atoms with Crippen molar-refractivity contribution in [3.8, 4) is 11.1 Å². The third-order valence-corrected chi connectivity index (χ3v) is 8.35. The van der Waals surface area contributed by atoms with Crippen LogP contribution in [-0.2, 0) is 14.8 Å². The number of nitrogens with one attached hydrogen (secondary N) is 1. The first-order chi connectivity index (χ1) is 16.8. The smallest absolute Gasteiger partial charge is 0.254 e. The van der Waals surface area contributed by atoms with Crippen molar-refractivity contribution in [2.75, 3.05) is 32.7 Å². The number of halogens is 1. The molecular formula is C26H27BrN4O3S. The van der Waals surface area contributed by atoms with Gasteiger partial charge in [0, 0.05) is 30.7 Å². The van der Waals surface area contributed by atoms with Gasteiger partial charge in [-0.25, -0.2) is 13.8 Å². The minimum Gasteiger partial charge on any atom is -0.292 e. The highest BCUT2D eigenvalue weighted by molar-refractivity contribution is 9.10. The van der Waals surface area contributed by atoms with E-state index >= 15 is 0 Å². The number of carbonyl (C=O) groups is 1. The predicted molar refractivity (Wildman–Crippen MR) is 142 cm³/mol. The second-order valence-electron chi connectivity index (χ2n) is 8.31. The number of carbonyl (C=O) groups excluding carboxylic acids is 1. The Morgan fingerprint density at radius 1 is 0.886 bits per heavy atom. The molecule has 1 N–H and O–H groups in total. The Morgan fingerprint density at radius 2 is 1.49 bits per heavy atom. The van der Waals surface area contributed by atoms with Gasteiger partial charge >= 0.3 is 0 Å². The summed E-state index contributed by atoms with van der Waals surface area (Å²) >= 11 is 3.32. The van der Waals surface area contributed by atoms with Gasteiger partial charge < -0.3 is 0 Å². The van der Waals surface area contributed by atoms with E-state index in [1.807, 2.05) is 54.3 Å². The maximum absolute atomic E-state index is 12.8. The molecule has 1 aliphatic heterocycles. The van der Waals surface area contributed by atoms with Crippen LogP contribution in [0.1, 0.15) is 12.5 Å². The summed E-state index contributed by atoms with van der Waals surface area (Å²) in [5.41, 5.74) is 6.52. The molecule has 0 aliphatic carbocycles. The summed E-state index contributed by atoms with van der Waals surface area (Å²) < 4.78 is 28.0. The van der Waals surface area contributed by atoms with Crippen molar-refractivity contribution < 1.29 is 13.2 Å². The van der Waals surface area contributed by atoms with Crippen LogP contribution < -0.4 is 5.43 Å². The molecule has 0 atom stereocenters. The van der Waals surface area contributed by atoms with Gasteiger partial charge in [0.05, 0.1) is 17.2 Å². The van der Waals surface area contributed by atoms with Gasteiger partial charge in [0.25, 0.3) is 5.91 Å². The highest BCUT2D eigenvalue weighted by Gasteiger charge is 2.29. The molecule has 0 bridgehead atoms. The lowest BCUT2D eigenvalue weighted by Crippen LogP contribution is -2.50. The molecular weight excluding hydrogens is 528 g/mol. The average Bonchev–Trinajstić information content (AvgIpc) is 2.88. The first-order valence-electron chi connectivity index (χ1n) is 11.3. The molecule has 35 heavy (non-hydrogen) atoms. The minimum absolute atomic E-state index is 0.163. The molecule has 1 heterocycles. The molecule has 3 aromatic carbocycles. The highest BCUT2D eigenvalue weighted by atomic mass is 79.9. The summed E-state index contributed by atoms with van der Waals surface area (Å²) in [6.45, 7) is 3.64. The topological polar surface area (TPSA) is 82.1 Å². The van der Waals surface area contributed by atoms with E-state index in [-0.39, 0.29) is 17.3 Å². The van der Waals surface area contributed by atoms with E-state index in [0.29, 0.717) is 31.9 Å². The van der Waals surface area contributed by atoms with Gasteiger partial charge in [0.15, 0.2) is 0 Å². The van der Waals surface area contributed by atoms with E-state index in [1.54, 1.807) is 24.3 Å². The number of sulfonamides is 1. The standard InChI is InChI=1S/C26H27BrN4O3S/c1-20(21-7-9-23(10-8-21)22-5-3-2-4-6-22)28-29-26(32)19-30-15-17-31(18-16-30)35(33,34)25-13-11-24(27)12-14-25/h2-14H,15-19H2,1H3,(H,29,32)/b28-20+. The maximum Gasteiger partial charge on any atom is 0.254 e. The number of nitrogens with zero attached hydrogens (tertiary/aromatic N) is 3. The zero-order chi connectivity index (χ0) is 24.8. The van der Waals surface area contributed by atoms with E-state index in [9.17, 15) is 13.2 Å². The fourth-order valence-corrected chi connectivity index (χ4v) is 5.55. The Balaban J connectivity index is 1.27. The molecule has 0 unspecified atom stereocenters. The molecule has 0 radical (unpaired) electrons. The molecule has 4 rings (SSSR count). The zero-order valence-electron chi connectivity index (χ0n) is 19.4. The summed E-state index contributed by atoms with van der Waals surface area (Å²) in [7, 11) is -3.54. The van der Waals surface area contributed by atoms with Crippen LogP contribution in [0.25, 0.3) is 11.1 Å². The van der Waals surface area contributed by atoms with Gasteiger partial charge in [-0.3, -0.25) is 9.69 Å². The predicted octanol–water partition coefficient (Wildman–Crippen LogP) is 3.96. The van der Waals surface area contributed by atoms with Crippen molar-refractivity contribution in [2.24, 2.45) is 5.10 Å². The van der Waals surface area contributed by atoms with E-state index in [4.69, 9.17) is 0 Å². The van der Waals surface area contributed by atoms with Gasteiger partial charge in [0.1, 0.15) is 0 Å². The van der Waals surface area contributed by atoms with Crippen LogP contribution >= 0.6 is 15.9 Å². The lowest BCUT2D eigenvalue weighted by Gasteiger charge is -2.33. The van der Waals surface area contributed by atoms with Crippen LogP contribution in [0.5, 0.6) is 0 Å². The van der Waals surface area contributed by atoms with E-state index in [2.05, 4.69) is 38.6 Å². The quantitative estimate of drug-likeness (QED) is 0.354. The van der Waals surface area contributed by atoms with Crippen molar-refractivity contribution in [3.63, 3.8) is 0 Å². The molecule has 1 saturated heterocycles. The van der Waals surface area contributed by atoms with Gasteiger partial charge in [-0.15, -0.1) is 0 Å². The highest BCUT2D eigenvalue weighted by Crippen LogP contribution is 2.21. The second kappa shape index (κ2) is 11.3. The Hall–Kier alpha value is -2.85. The van der Waals surface area contributed by atoms with Gasteiger partial charge in [0.2, 0.25) is 10.0 Å². The number of hydrogen-bond acceptors (Lipinski definition) is 5. The molecule has 1 aliphatic rings. The molecule has 1 amide bonds. The monoisotopic (exact) mass is 554 g/mol. The number of amides is 1. The minimum atomic E-state index is -3.54. The summed E-state index contributed by atoms with van der Waals surface area (Å²) in [6.07, 6.45) is 0. The third-order valence-electron chi connectivity index (χ3n) is 5.91. The summed E-state index contributed by atoms with van der Waals surface area (Å²) in [5, 5.41) is 4.24. The average molecular weight is 555 g/mol. The largest absolute Gasteiger partial charge is 0.292 e. The van der Waals surface area contributed by atoms with E-state index in [0.717, 1.165) is 21.2 Å². The molecule has 182 valence electrons. The summed E-state index contributed by atoms with van der Waals surface area (Å²) in [6, 6.07) is 24.8. The lowest BCUT2D eigenvalue weighted by atomic mass is 10.0. The zero-order valence-corrected chi connectivity index (χ0v) is 21.8. The SMILES string of the molecule is C/C(=N\NC(=O)CN1CCN(S(=O)(=O)c2ccc(Br)cc2)CC1)c1ccc(-c2ccccc2)cc1. The number of benzene rings is 3.